The molecule has 0 atom stereocenters. The topological polar surface area (TPSA) is 50.4 Å². The molecule has 23 heavy (non-hydrogen) atoms. The maximum Gasteiger partial charge on any atom is 0.387 e. The third-order valence-corrected chi connectivity index (χ3v) is 3.41. The van der Waals surface area contributed by atoms with E-state index in [0.717, 1.165) is 16.8 Å². The Morgan fingerprint density at radius 2 is 1.83 bits per heavy atom. The van der Waals surface area contributed by atoms with E-state index in [2.05, 4.69) is 15.4 Å². The number of rotatable bonds is 6. The van der Waals surface area contributed by atoms with Gasteiger partial charge in [0.2, 0.25) is 5.91 Å². The van der Waals surface area contributed by atoms with Crippen molar-refractivity contribution in [2.75, 3.05) is 17.2 Å². The third kappa shape index (κ3) is 4.95. The van der Waals surface area contributed by atoms with Crippen molar-refractivity contribution in [2.45, 2.75) is 20.5 Å². The van der Waals surface area contributed by atoms with E-state index in [1.165, 1.54) is 12.1 Å². The quantitative estimate of drug-likeness (QED) is 0.847. The van der Waals surface area contributed by atoms with E-state index in [9.17, 15) is 13.6 Å². The van der Waals surface area contributed by atoms with Crippen LogP contribution in [0.2, 0.25) is 0 Å². The molecule has 2 rings (SSSR count). The van der Waals surface area contributed by atoms with E-state index >= 15 is 0 Å². The second-order valence-electron chi connectivity index (χ2n) is 5.05. The molecule has 0 saturated carbocycles. The summed E-state index contributed by atoms with van der Waals surface area (Å²) in [5.41, 5.74) is 3.54. The number of hydrogen-bond donors (Lipinski definition) is 2. The van der Waals surface area contributed by atoms with Crippen molar-refractivity contribution in [2.24, 2.45) is 0 Å². The van der Waals surface area contributed by atoms with Gasteiger partial charge >= 0.3 is 6.61 Å². The van der Waals surface area contributed by atoms with Gasteiger partial charge in [-0.1, -0.05) is 12.1 Å². The second kappa shape index (κ2) is 7.58. The van der Waals surface area contributed by atoms with Crippen LogP contribution in [0.1, 0.15) is 11.1 Å². The molecule has 0 bridgehead atoms. The fraction of sp³-hybridized carbons (Fsp3) is 0.235. The highest BCUT2D eigenvalue weighted by atomic mass is 19.3. The normalized spacial score (nSPS) is 10.5. The zero-order chi connectivity index (χ0) is 16.8. The lowest BCUT2D eigenvalue weighted by atomic mass is 10.1. The number of benzene rings is 2. The summed E-state index contributed by atoms with van der Waals surface area (Å²) in [7, 11) is 0. The summed E-state index contributed by atoms with van der Waals surface area (Å²) < 4.78 is 28.4. The first-order valence-electron chi connectivity index (χ1n) is 7.10. The molecule has 1 amide bonds. The van der Waals surface area contributed by atoms with Crippen LogP contribution in [0.5, 0.6) is 5.75 Å². The molecule has 0 saturated heterocycles. The fourth-order valence-corrected chi connectivity index (χ4v) is 2.02. The summed E-state index contributed by atoms with van der Waals surface area (Å²) in [6.07, 6.45) is 0. The molecule has 0 aromatic heterocycles. The maximum absolute atomic E-state index is 12.1. The molecule has 6 heteroatoms. The van der Waals surface area contributed by atoms with Crippen molar-refractivity contribution in [3.05, 3.63) is 53.6 Å². The fourth-order valence-electron chi connectivity index (χ4n) is 2.02. The highest BCUT2D eigenvalue weighted by Gasteiger charge is 2.07. The van der Waals surface area contributed by atoms with E-state index < -0.39 is 6.61 Å². The van der Waals surface area contributed by atoms with Crippen LogP contribution in [0.25, 0.3) is 0 Å². The Labute approximate surface area is 133 Å². The summed E-state index contributed by atoms with van der Waals surface area (Å²) in [6.45, 7) is 1.14. The summed E-state index contributed by atoms with van der Waals surface area (Å²) in [5.74, 6) is -0.114. The Kier molecular flexibility index (Phi) is 5.51. The molecule has 4 nitrogen and oxygen atoms in total. The van der Waals surface area contributed by atoms with Gasteiger partial charge in [-0.2, -0.15) is 8.78 Å². The number of carbonyl (C=O) groups excluding carboxylic acids is 1. The minimum atomic E-state index is -2.85. The van der Waals surface area contributed by atoms with Crippen LogP contribution in [0, 0.1) is 13.8 Å². The first-order valence-corrected chi connectivity index (χ1v) is 7.10. The van der Waals surface area contributed by atoms with Gasteiger partial charge in [-0.15, -0.1) is 0 Å². The van der Waals surface area contributed by atoms with Crippen LogP contribution in [0.3, 0.4) is 0 Å². The summed E-state index contributed by atoms with van der Waals surface area (Å²) >= 11 is 0. The molecule has 2 aromatic carbocycles. The van der Waals surface area contributed by atoms with Gasteiger partial charge in [-0.25, -0.2) is 0 Å². The van der Waals surface area contributed by atoms with Gasteiger partial charge < -0.3 is 15.4 Å². The molecular weight excluding hydrogens is 302 g/mol. The smallest absolute Gasteiger partial charge is 0.387 e. The number of aryl methyl sites for hydroxylation is 1. The standard InChI is InChI=1S/C17H18F2N2O2/c1-11-4-3-5-15(12(11)2)21-16(22)10-20-13-6-8-14(9-7-13)23-17(18)19/h3-9,17,20H,10H2,1-2H3,(H,21,22). The largest absolute Gasteiger partial charge is 0.435 e. The van der Waals surface area contributed by atoms with Crippen molar-refractivity contribution in [1.29, 1.82) is 0 Å². The van der Waals surface area contributed by atoms with Crippen molar-refractivity contribution in [3.8, 4) is 5.75 Å². The van der Waals surface area contributed by atoms with Crippen LogP contribution in [0.4, 0.5) is 20.2 Å². The molecule has 122 valence electrons. The summed E-state index contributed by atoms with van der Waals surface area (Å²) in [6, 6.07) is 11.7. The molecule has 0 radical (unpaired) electrons. The zero-order valence-electron chi connectivity index (χ0n) is 12.9. The van der Waals surface area contributed by atoms with Crippen LogP contribution in [0.15, 0.2) is 42.5 Å². The lowest BCUT2D eigenvalue weighted by Gasteiger charge is -2.11. The van der Waals surface area contributed by atoms with Gasteiger partial charge in [-0.05, 0) is 55.3 Å². The van der Waals surface area contributed by atoms with Gasteiger partial charge in [0.1, 0.15) is 5.75 Å². The van der Waals surface area contributed by atoms with E-state index in [1.807, 2.05) is 32.0 Å². The number of carbonyl (C=O) groups is 1. The number of amides is 1. The average molecular weight is 320 g/mol. The minimum absolute atomic E-state index is 0.0719. The number of hydrogen-bond acceptors (Lipinski definition) is 3. The Hall–Kier alpha value is -2.63. The minimum Gasteiger partial charge on any atom is -0.435 e. The predicted molar refractivity (Wildman–Crippen MR) is 86.1 cm³/mol. The maximum atomic E-state index is 12.1. The Morgan fingerprint density at radius 3 is 2.48 bits per heavy atom. The van der Waals surface area contributed by atoms with Crippen LogP contribution >= 0.6 is 0 Å². The number of nitrogens with one attached hydrogen (secondary N) is 2. The summed E-state index contributed by atoms with van der Waals surface area (Å²) in [4.78, 5) is 12.0. The molecule has 2 N–H and O–H groups in total. The third-order valence-electron chi connectivity index (χ3n) is 3.41. The van der Waals surface area contributed by atoms with Crippen LogP contribution < -0.4 is 15.4 Å². The van der Waals surface area contributed by atoms with Crippen molar-refractivity contribution in [1.82, 2.24) is 0 Å². The molecule has 0 aliphatic carbocycles. The highest BCUT2D eigenvalue weighted by Crippen LogP contribution is 2.19. The van der Waals surface area contributed by atoms with Gasteiger partial charge in [-0.3, -0.25) is 4.79 Å². The van der Waals surface area contributed by atoms with E-state index in [4.69, 9.17) is 0 Å². The average Bonchev–Trinajstić information content (AvgIpc) is 2.51. The molecule has 0 aliphatic heterocycles. The van der Waals surface area contributed by atoms with Crippen molar-refractivity contribution in [3.63, 3.8) is 0 Å². The molecule has 0 spiro atoms. The van der Waals surface area contributed by atoms with Crippen LogP contribution in [-0.2, 0) is 4.79 Å². The Balaban J connectivity index is 1.88. The number of ether oxygens (including phenoxy) is 1. The molecule has 0 fully saturated rings. The van der Waals surface area contributed by atoms with E-state index in [1.54, 1.807) is 12.1 Å². The van der Waals surface area contributed by atoms with Gasteiger partial charge in [0, 0.05) is 11.4 Å². The molecular formula is C17H18F2N2O2. The number of alkyl halides is 2. The van der Waals surface area contributed by atoms with Crippen molar-refractivity contribution >= 4 is 17.3 Å². The molecule has 0 aliphatic rings. The van der Waals surface area contributed by atoms with E-state index in [-0.39, 0.29) is 18.2 Å². The lowest BCUT2D eigenvalue weighted by molar-refractivity contribution is -0.114. The Bertz CT molecular complexity index is 673. The number of anilines is 2. The SMILES string of the molecule is Cc1cccc(NC(=O)CNc2ccc(OC(F)F)cc2)c1C. The van der Waals surface area contributed by atoms with Crippen LogP contribution in [-0.4, -0.2) is 19.1 Å². The van der Waals surface area contributed by atoms with Gasteiger partial charge in [0.05, 0.1) is 6.54 Å². The monoisotopic (exact) mass is 320 g/mol. The summed E-state index contributed by atoms with van der Waals surface area (Å²) in [5, 5.41) is 5.76. The molecule has 0 unspecified atom stereocenters. The van der Waals surface area contributed by atoms with Gasteiger partial charge in [0.15, 0.2) is 0 Å². The van der Waals surface area contributed by atoms with Gasteiger partial charge in [0.25, 0.3) is 0 Å². The highest BCUT2D eigenvalue weighted by molar-refractivity contribution is 5.94. The second-order valence-corrected chi connectivity index (χ2v) is 5.05. The predicted octanol–water partition coefficient (Wildman–Crippen LogP) is 3.96. The Morgan fingerprint density at radius 1 is 1.13 bits per heavy atom. The first-order chi connectivity index (χ1) is 11.0. The van der Waals surface area contributed by atoms with E-state index in [0.29, 0.717) is 5.69 Å². The molecule has 2 aromatic rings. The number of halogens is 2. The zero-order valence-corrected chi connectivity index (χ0v) is 12.9. The van der Waals surface area contributed by atoms with Crippen molar-refractivity contribution < 1.29 is 18.3 Å². The first kappa shape index (κ1) is 16.7. The molecule has 0 heterocycles. The lowest BCUT2D eigenvalue weighted by Crippen LogP contribution is -2.22.